The highest BCUT2D eigenvalue weighted by atomic mass is 32.2. The summed E-state index contributed by atoms with van der Waals surface area (Å²) in [4.78, 5) is 9.84. The van der Waals surface area contributed by atoms with Gasteiger partial charge in [-0.2, -0.15) is 5.26 Å². The van der Waals surface area contributed by atoms with Crippen molar-refractivity contribution >= 4 is 39.0 Å². The van der Waals surface area contributed by atoms with Crippen LogP contribution in [-0.4, -0.2) is 24.9 Å². The average molecular weight is 451 g/mol. The molecule has 0 bridgehead atoms. The van der Waals surface area contributed by atoms with Gasteiger partial charge in [-0.15, -0.1) is 0 Å². The molecule has 0 saturated heterocycles. The molecule has 8 nitrogen and oxygen atoms in total. The number of thioether (sulfide) groups is 1. The molecule has 4 N–H and O–H groups in total. The molecule has 2 heterocycles. The van der Waals surface area contributed by atoms with Gasteiger partial charge in [-0.05, 0) is 42.3 Å². The monoisotopic (exact) mass is 450 g/mol. The van der Waals surface area contributed by atoms with Gasteiger partial charge in [0.2, 0.25) is 16.0 Å². The van der Waals surface area contributed by atoms with Crippen LogP contribution in [0.5, 0.6) is 0 Å². The van der Waals surface area contributed by atoms with Crippen LogP contribution in [0, 0.1) is 11.3 Å². The number of hydrogen-bond acceptors (Lipinski definition) is 8. The quantitative estimate of drug-likeness (QED) is 0.488. The molecule has 0 unspecified atom stereocenters. The van der Waals surface area contributed by atoms with Crippen LogP contribution in [-0.2, 0) is 16.4 Å². The summed E-state index contributed by atoms with van der Waals surface area (Å²) >= 11 is 1.50. The summed E-state index contributed by atoms with van der Waals surface area (Å²) in [6.45, 7) is 0.537. The van der Waals surface area contributed by atoms with Crippen molar-refractivity contribution < 1.29 is 8.42 Å². The van der Waals surface area contributed by atoms with Crippen LogP contribution in [0.2, 0.25) is 0 Å². The fourth-order valence-corrected chi connectivity index (χ4v) is 4.53. The third-order valence-corrected chi connectivity index (χ3v) is 6.56. The number of para-hydroxylation sites is 1. The number of nitrogens with zero attached hydrogens (tertiary/aromatic N) is 3. The van der Waals surface area contributed by atoms with E-state index < -0.39 is 10.0 Å². The van der Waals surface area contributed by atoms with Crippen LogP contribution in [0.15, 0.2) is 75.6 Å². The predicted molar refractivity (Wildman–Crippen MR) is 120 cm³/mol. The second kappa shape index (κ2) is 8.77. The lowest BCUT2D eigenvalue weighted by Crippen LogP contribution is -2.12. The molecular weight excluding hydrogens is 432 g/mol. The van der Waals surface area contributed by atoms with Crippen molar-refractivity contribution in [3.8, 4) is 6.07 Å². The predicted octanol–water partition coefficient (Wildman–Crippen LogP) is 3.19. The molecule has 0 saturated carbocycles. The van der Waals surface area contributed by atoms with Gasteiger partial charge in [-0.25, -0.2) is 23.5 Å². The van der Waals surface area contributed by atoms with Crippen molar-refractivity contribution in [3.63, 3.8) is 0 Å². The van der Waals surface area contributed by atoms with Crippen molar-refractivity contribution in [1.29, 1.82) is 5.26 Å². The number of nitriles is 1. The van der Waals surface area contributed by atoms with E-state index in [2.05, 4.69) is 26.7 Å². The van der Waals surface area contributed by atoms with E-state index in [9.17, 15) is 13.7 Å². The van der Waals surface area contributed by atoms with E-state index in [1.165, 1.54) is 23.9 Å². The Hall–Kier alpha value is -3.39. The summed E-state index contributed by atoms with van der Waals surface area (Å²) < 4.78 is 22.7. The van der Waals surface area contributed by atoms with E-state index in [4.69, 9.17) is 5.14 Å². The first-order valence-electron chi connectivity index (χ1n) is 9.31. The van der Waals surface area contributed by atoms with Gasteiger partial charge in [0, 0.05) is 17.6 Å². The van der Waals surface area contributed by atoms with Crippen LogP contribution in [0.3, 0.4) is 0 Å². The maximum Gasteiger partial charge on any atom is 0.238 e. The molecule has 1 aliphatic heterocycles. The first-order chi connectivity index (χ1) is 14.9. The summed E-state index contributed by atoms with van der Waals surface area (Å²) in [5.74, 6) is 0.410. The summed E-state index contributed by atoms with van der Waals surface area (Å²) in [5.41, 5.74) is 2.89. The molecule has 0 spiro atoms. The van der Waals surface area contributed by atoms with Gasteiger partial charge < -0.3 is 10.6 Å². The fourth-order valence-electron chi connectivity index (χ4n) is 3.00. The molecule has 31 heavy (non-hydrogen) atoms. The number of anilines is 2. The van der Waals surface area contributed by atoms with Crippen molar-refractivity contribution in [2.75, 3.05) is 17.2 Å². The highest BCUT2D eigenvalue weighted by Gasteiger charge is 2.21. The first kappa shape index (κ1) is 20.9. The number of aromatic nitrogens is 2. The Balaban J connectivity index is 1.44. The van der Waals surface area contributed by atoms with Gasteiger partial charge in [0.1, 0.15) is 11.6 Å². The minimum absolute atomic E-state index is 0.0813. The van der Waals surface area contributed by atoms with Gasteiger partial charge >= 0.3 is 0 Å². The Morgan fingerprint density at radius 2 is 1.94 bits per heavy atom. The lowest BCUT2D eigenvalue weighted by atomic mass is 10.1. The normalized spacial score (nSPS) is 14.3. The van der Waals surface area contributed by atoms with Crippen molar-refractivity contribution in [1.82, 2.24) is 9.97 Å². The number of hydrogen-bond donors (Lipinski definition) is 3. The molecule has 2 aromatic carbocycles. The van der Waals surface area contributed by atoms with E-state index in [0.29, 0.717) is 30.2 Å². The van der Waals surface area contributed by atoms with E-state index >= 15 is 0 Å². The number of nitrogens with two attached hydrogens (primary N) is 1. The average Bonchev–Trinajstić information content (AvgIpc) is 3.18. The first-order valence-corrected chi connectivity index (χ1v) is 11.7. The highest BCUT2D eigenvalue weighted by Crippen LogP contribution is 2.43. The van der Waals surface area contributed by atoms with Gasteiger partial charge in [0.25, 0.3) is 0 Å². The molecule has 0 atom stereocenters. The molecule has 0 fully saturated rings. The molecule has 0 amide bonds. The number of sulfonamides is 1. The fraction of sp³-hybridized carbons (Fsp3) is 0.0952. The van der Waals surface area contributed by atoms with Crippen LogP contribution in [0.4, 0.5) is 11.6 Å². The molecule has 0 radical (unpaired) electrons. The molecule has 3 aromatic rings. The van der Waals surface area contributed by atoms with Crippen LogP contribution < -0.4 is 15.8 Å². The van der Waals surface area contributed by atoms with Gasteiger partial charge in [-0.3, -0.25) is 0 Å². The van der Waals surface area contributed by atoms with E-state index in [0.717, 1.165) is 21.2 Å². The van der Waals surface area contributed by atoms with Crippen LogP contribution in [0.1, 0.15) is 11.3 Å². The third kappa shape index (κ3) is 4.86. The lowest BCUT2D eigenvalue weighted by Gasteiger charge is -2.08. The van der Waals surface area contributed by atoms with Gasteiger partial charge in [0.05, 0.1) is 21.3 Å². The Morgan fingerprint density at radius 1 is 1.16 bits per heavy atom. The molecule has 10 heteroatoms. The Kier molecular flexibility index (Phi) is 5.90. The van der Waals surface area contributed by atoms with Crippen LogP contribution in [0.25, 0.3) is 5.57 Å². The maximum atomic E-state index is 11.3. The SMILES string of the molecule is N#C/C(=C1/Nc2ccccc2S1)c1ccnc(NCCc2ccc(S(N)(=O)=O)cc2)n1. The van der Waals surface area contributed by atoms with Gasteiger partial charge in [-0.1, -0.05) is 36.0 Å². The van der Waals surface area contributed by atoms with E-state index in [1.54, 1.807) is 24.4 Å². The molecule has 1 aliphatic rings. The summed E-state index contributed by atoms with van der Waals surface area (Å²) in [7, 11) is -3.70. The largest absolute Gasteiger partial charge is 0.354 e. The second-order valence-corrected chi connectivity index (χ2v) is 9.28. The number of primary sulfonamides is 1. The van der Waals surface area contributed by atoms with Crippen molar-refractivity contribution in [2.24, 2.45) is 5.14 Å². The smallest absolute Gasteiger partial charge is 0.238 e. The molecule has 0 aliphatic carbocycles. The third-order valence-electron chi connectivity index (χ3n) is 4.55. The summed E-state index contributed by atoms with van der Waals surface area (Å²) in [6.07, 6.45) is 2.24. The highest BCUT2D eigenvalue weighted by molar-refractivity contribution is 8.04. The number of rotatable bonds is 6. The summed E-state index contributed by atoms with van der Waals surface area (Å²) in [5, 5.41) is 22.0. The number of fused-ring (bicyclic) bond motifs is 1. The van der Waals surface area contributed by atoms with E-state index in [1.807, 2.05) is 24.3 Å². The number of allylic oxidation sites excluding steroid dienone is 1. The van der Waals surface area contributed by atoms with Crippen molar-refractivity contribution in [3.05, 3.63) is 77.1 Å². The van der Waals surface area contributed by atoms with Gasteiger partial charge in [0.15, 0.2) is 0 Å². The van der Waals surface area contributed by atoms with Crippen molar-refractivity contribution in [2.45, 2.75) is 16.2 Å². The zero-order valence-corrected chi connectivity index (χ0v) is 17.9. The summed E-state index contributed by atoms with van der Waals surface area (Å²) in [6, 6.07) is 18.2. The zero-order valence-electron chi connectivity index (χ0n) is 16.2. The molecule has 156 valence electrons. The Labute approximate surface area is 184 Å². The number of benzene rings is 2. The van der Waals surface area contributed by atoms with E-state index in [-0.39, 0.29) is 4.90 Å². The molecular formula is C21H18N6O2S2. The minimum atomic E-state index is -3.70. The van der Waals surface area contributed by atoms with Crippen LogP contribution >= 0.6 is 11.8 Å². The zero-order chi connectivity index (χ0) is 21.8. The Morgan fingerprint density at radius 3 is 2.65 bits per heavy atom. The standard InChI is InChI=1S/C21H18N6O2S2/c22-13-16(20-26-18-3-1-2-4-19(18)30-20)17-10-12-25-21(27-17)24-11-9-14-5-7-15(8-6-14)31(23,28)29/h1-8,10,12,26H,9,11H2,(H2,23,28,29)(H,24,25,27)/b20-16+. The number of nitrogens with one attached hydrogen (secondary N) is 2. The Bertz CT molecular complexity index is 1270. The molecule has 4 rings (SSSR count). The topological polar surface area (TPSA) is 134 Å². The lowest BCUT2D eigenvalue weighted by molar-refractivity contribution is 0.598. The second-order valence-electron chi connectivity index (χ2n) is 6.67. The maximum absolute atomic E-state index is 11.3. The minimum Gasteiger partial charge on any atom is -0.354 e. The molecule has 1 aromatic heterocycles.